The fourth-order valence-electron chi connectivity index (χ4n) is 2.39. The molecule has 0 atom stereocenters. The zero-order valence-electron chi connectivity index (χ0n) is 14.5. The Morgan fingerprint density at radius 1 is 1.12 bits per heavy atom. The maximum Gasteiger partial charge on any atom is 0.338 e. The number of hydrogen-bond donors (Lipinski definition) is 0. The van der Waals surface area contributed by atoms with Crippen molar-refractivity contribution < 1.29 is 9.53 Å². The molecule has 2 aromatic carbocycles. The Hall–Kier alpha value is -3.02. The van der Waals surface area contributed by atoms with Gasteiger partial charge in [-0.05, 0) is 45.2 Å². The predicted molar refractivity (Wildman–Crippen MR) is 93.4 cm³/mol. The Bertz CT molecular complexity index is 850. The van der Waals surface area contributed by atoms with Crippen LogP contribution in [0.1, 0.15) is 42.3 Å². The summed E-state index contributed by atoms with van der Waals surface area (Å²) in [5.41, 5.74) is 3.47. The normalized spacial score (nSPS) is 11.3. The van der Waals surface area contributed by atoms with Crippen molar-refractivity contribution in [3.05, 3.63) is 71.5 Å². The zero-order valence-corrected chi connectivity index (χ0v) is 14.5. The van der Waals surface area contributed by atoms with E-state index in [0.717, 1.165) is 5.56 Å². The molecule has 0 aliphatic carbocycles. The van der Waals surface area contributed by atoms with Gasteiger partial charge in [0.05, 0.1) is 11.3 Å². The van der Waals surface area contributed by atoms with E-state index in [1.54, 1.807) is 18.2 Å². The second kappa shape index (κ2) is 6.84. The average molecular weight is 336 g/mol. The molecular weight excluding hydrogens is 316 g/mol. The molecule has 3 rings (SSSR count). The molecular formula is C19H20N4O2. The number of aromatic nitrogens is 4. The molecule has 6 nitrogen and oxygen atoms in total. The molecule has 0 fully saturated rings. The first-order chi connectivity index (χ1) is 11.9. The summed E-state index contributed by atoms with van der Waals surface area (Å²) in [5.74, 6) is -0.380. The van der Waals surface area contributed by atoms with Crippen LogP contribution in [0.2, 0.25) is 0 Å². The smallest absolute Gasteiger partial charge is 0.338 e. The Balaban J connectivity index is 1.66. The van der Waals surface area contributed by atoms with Crippen LogP contribution >= 0.6 is 0 Å². The summed E-state index contributed by atoms with van der Waals surface area (Å²) < 4.78 is 6.90. The summed E-state index contributed by atoms with van der Waals surface area (Å²) in [6, 6.07) is 15.1. The van der Waals surface area contributed by atoms with Gasteiger partial charge >= 0.3 is 5.97 Å². The van der Waals surface area contributed by atoms with Crippen molar-refractivity contribution in [3.63, 3.8) is 0 Å². The quantitative estimate of drug-likeness (QED) is 0.684. The van der Waals surface area contributed by atoms with Crippen molar-refractivity contribution >= 4 is 5.97 Å². The molecule has 0 aliphatic rings. The number of carbonyl (C=O) groups excluding carboxylic acids is 1. The molecule has 0 saturated heterocycles. The molecule has 0 aliphatic heterocycles. The van der Waals surface area contributed by atoms with E-state index in [0.29, 0.717) is 11.3 Å². The van der Waals surface area contributed by atoms with Gasteiger partial charge in [0.2, 0.25) is 0 Å². The second-order valence-corrected chi connectivity index (χ2v) is 6.83. The van der Waals surface area contributed by atoms with Crippen LogP contribution < -0.4 is 0 Å². The van der Waals surface area contributed by atoms with Crippen LogP contribution in [0.3, 0.4) is 0 Å². The van der Waals surface area contributed by atoms with Crippen LogP contribution in [0.4, 0.5) is 0 Å². The first-order valence-electron chi connectivity index (χ1n) is 8.03. The Labute approximate surface area is 146 Å². The first kappa shape index (κ1) is 16.8. The van der Waals surface area contributed by atoms with Crippen molar-refractivity contribution in [2.45, 2.75) is 32.8 Å². The Morgan fingerprint density at radius 3 is 2.52 bits per heavy atom. The van der Waals surface area contributed by atoms with Crippen LogP contribution in [0.15, 0.2) is 54.9 Å². The summed E-state index contributed by atoms with van der Waals surface area (Å²) in [6.07, 6.45) is 1.47. The minimum atomic E-state index is -0.380. The fourth-order valence-corrected chi connectivity index (χ4v) is 2.39. The molecule has 0 saturated carbocycles. The third-order valence-corrected chi connectivity index (χ3v) is 3.89. The van der Waals surface area contributed by atoms with Gasteiger partial charge in [0.1, 0.15) is 12.9 Å². The van der Waals surface area contributed by atoms with Gasteiger partial charge < -0.3 is 4.74 Å². The highest BCUT2D eigenvalue weighted by atomic mass is 16.5. The number of nitrogens with zero attached hydrogens (tertiary/aromatic N) is 4. The van der Waals surface area contributed by atoms with Gasteiger partial charge in [-0.3, -0.25) is 0 Å². The van der Waals surface area contributed by atoms with Crippen molar-refractivity contribution in [3.8, 4) is 5.69 Å². The summed E-state index contributed by atoms with van der Waals surface area (Å²) in [4.78, 5) is 12.3. The summed E-state index contributed by atoms with van der Waals surface area (Å²) >= 11 is 0. The van der Waals surface area contributed by atoms with Gasteiger partial charge in [-0.15, -0.1) is 5.10 Å². The molecule has 0 bridgehead atoms. The van der Waals surface area contributed by atoms with Gasteiger partial charge in [-0.2, -0.15) is 0 Å². The van der Waals surface area contributed by atoms with Crippen molar-refractivity contribution in [1.29, 1.82) is 0 Å². The van der Waals surface area contributed by atoms with E-state index < -0.39 is 0 Å². The van der Waals surface area contributed by atoms with Gasteiger partial charge in [0.25, 0.3) is 0 Å². The van der Waals surface area contributed by atoms with Crippen LogP contribution in [-0.2, 0) is 16.8 Å². The standard InChI is InChI=1S/C19H20N4O2/c1-19(2,3)16-9-7-14(8-10-16)12-25-18(24)15-5-4-6-17(11-15)23-13-20-21-22-23/h4-11,13H,12H2,1-3H3. The SMILES string of the molecule is CC(C)(C)c1ccc(COC(=O)c2cccc(-n3cnnn3)c2)cc1. The number of hydrogen-bond acceptors (Lipinski definition) is 5. The number of tetrazole rings is 1. The van der Waals surface area contributed by atoms with Gasteiger partial charge in [-0.1, -0.05) is 51.1 Å². The molecule has 0 radical (unpaired) electrons. The molecule has 0 N–H and O–H groups in total. The predicted octanol–water partition coefficient (Wildman–Crippen LogP) is 3.32. The van der Waals surface area contributed by atoms with Crippen molar-refractivity contribution in [2.75, 3.05) is 0 Å². The third-order valence-electron chi connectivity index (χ3n) is 3.89. The summed E-state index contributed by atoms with van der Waals surface area (Å²) in [5, 5.41) is 11.0. The lowest BCUT2D eigenvalue weighted by Crippen LogP contribution is -2.11. The van der Waals surface area contributed by atoms with Crippen LogP contribution in [-0.4, -0.2) is 26.2 Å². The van der Waals surface area contributed by atoms with Crippen LogP contribution in [0.25, 0.3) is 5.69 Å². The van der Waals surface area contributed by atoms with Gasteiger partial charge in [-0.25, -0.2) is 9.48 Å². The minimum Gasteiger partial charge on any atom is -0.457 e. The van der Waals surface area contributed by atoms with Crippen molar-refractivity contribution in [1.82, 2.24) is 20.2 Å². The van der Waals surface area contributed by atoms with E-state index in [1.807, 2.05) is 18.2 Å². The molecule has 3 aromatic rings. The highest BCUT2D eigenvalue weighted by Crippen LogP contribution is 2.22. The van der Waals surface area contributed by atoms with Gasteiger partial charge in [0, 0.05) is 0 Å². The van der Waals surface area contributed by atoms with Crippen molar-refractivity contribution in [2.24, 2.45) is 0 Å². The van der Waals surface area contributed by atoms with E-state index in [2.05, 4.69) is 48.4 Å². The first-order valence-corrected chi connectivity index (χ1v) is 8.03. The fraction of sp³-hybridized carbons (Fsp3) is 0.263. The lowest BCUT2D eigenvalue weighted by Gasteiger charge is -2.19. The maximum absolute atomic E-state index is 12.3. The lowest BCUT2D eigenvalue weighted by molar-refractivity contribution is 0.0472. The molecule has 25 heavy (non-hydrogen) atoms. The molecule has 6 heteroatoms. The number of carbonyl (C=O) groups is 1. The largest absolute Gasteiger partial charge is 0.457 e. The Kier molecular flexibility index (Phi) is 4.61. The highest BCUT2D eigenvalue weighted by molar-refractivity contribution is 5.90. The monoisotopic (exact) mass is 336 g/mol. The van der Waals surface area contributed by atoms with E-state index in [9.17, 15) is 4.79 Å². The number of esters is 1. The topological polar surface area (TPSA) is 69.9 Å². The number of rotatable bonds is 4. The van der Waals surface area contributed by atoms with E-state index in [4.69, 9.17) is 4.74 Å². The maximum atomic E-state index is 12.3. The highest BCUT2D eigenvalue weighted by Gasteiger charge is 2.13. The zero-order chi connectivity index (χ0) is 17.9. The lowest BCUT2D eigenvalue weighted by atomic mass is 9.87. The molecule has 1 aromatic heterocycles. The van der Waals surface area contributed by atoms with E-state index in [1.165, 1.54) is 16.6 Å². The molecule has 0 spiro atoms. The number of ether oxygens (including phenoxy) is 1. The molecule has 0 unspecified atom stereocenters. The van der Waals surface area contributed by atoms with E-state index >= 15 is 0 Å². The van der Waals surface area contributed by atoms with Crippen LogP contribution in [0, 0.1) is 0 Å². The minimum absolute atomic E-state index is 0.103. The molecule has 128 valence electrons. The van der Waals surface area contributed by atoms with Crippen LogP contribution in [0.5, 0.6) is 0 Å². The summed E-state index contributed by atoms with van der Waals surface area (Å²) in [7, 11) is 0. The number of benzene rings is 2. The second-order valence-electron chi connectivity index (χ2n) is 6.83. The average Bonchev–Trinajstić information content (AvgIpc) is 3.14. The van der Waals surface area contributed by atoms with Gasteiger partial charge in [0.15, 0.2) is 0 Å². The summed E-state index contributed by atoms with van der Waals surface area (Å²) in [6.45, 7) is 6.73. The third kappa shape index (κ3) is 4.09. The molecule has 0 amide bonds. The Morgan fingerprint density at radius 2 is 1.88 bits per heavy atom. The molecule has 1 heterocycles. The van der Waals surface area contributed by atoms with E-state index in [-0.39, 0.29) is 18.0 Å².